The van der Waals surface area contributed by atoms with Gasteiger partial charge in [-0.05, 0) is 37.1 Å². The molecule has 0 saturated carbocycles. The van der Waals surface area contributed by atoms with E-state index in [-0.39, 0.29) is 18.0 Å². The van der Waals surface area contributed by atoms with Gasteiger partial charge in [0.1, 0.15) is 6.54 Å². The summed E-state index contributed by atoms with van der Waals surface area (Å²) in [5.74, 6) is -0.171. The Morgan fingerprint density at radius 2 is 1.75 bits per heavy atom. The molecule has 4 aromatic rings. The molecule has 0 aliphatic rings. The van der Waals surface area contributed by atoms with Crippen molar-refractivity contribution in [3.05, 3.63) is 98.7 Å². The van der Waals surface area contributed by atoms with Crippen molar-refractivity contribution in [2.24, 2.45) is 0 Å². The summed E-state index contributed by atoms with van der Waals surface area (Å²) >= 11 is 6.13. The molecule has 0 fully saturated rings. The Morgan fingerprint density at radius 1 is 1.03 bits per heavy atom. The molecule has 7 heteroatoms. The Kier molecular flexibility index (Phi) is 6.15. The van der Waals surface area contributed by atoms with Gasteiger partial charge < -0.3 is 9.47 Å². The van der Waals surface area contributed by atoms with Crippen molar-refractivity contribution in [2.75, 3.05) is 7.05 Å². The molecule has 6 nitrogen and oxygen atoms in total. The van der Waals surface area contributed by atoms with Gasteiger partial charge in [0, 0.05) is 41.9 Å². The van der Waals surface area contributed by atoms with E-state index in [4.69, 9.17) is 11.6 Å². The van der Waals surface area contributed by atoms with Crippen LogP contribution in [0.15, 0.2) is 65.6 Å². The molecule has 1 amide bonds. The van der Waals surface area contributed by atoms with E-state index in [9.17, 15) is 9.59 Å². The topological polar surface area (TPSA) is 60.1 Å². The van der Waals surface area contributed by atoms with E-state index >= 15 is 0 Å². The lowest BCUT2D eigenvalue weighted by Gasteiger charge is -2.17. The quantitative estimate of drug-likeness (QED) is 0.444. The van der Waals surface area contributed by atoms with Crippen LogP contribution in [0.1, 0.15) is 22.5 Å². The van der Waals surface area contributed by atoms with Crippen molar-refractivity contribution >= 4 is 28.3 Å². The number of rotatable bonds is 6. The zero-order valence-electron chi connectivity index (χ0n) is 18.4. The summed E-state index contributed by atoms with van der Waals surface area (Å²) in [4.78, 5) is 27.6. The number of carbonyl (C=O) groups excluding carboxylic acids is 1. The SMILES string of the molecule is Cc1c2cnn(CC(=O)N(C)Cc3ccccc3)c(=O)c2c(C)n1Cc1cccc(Cl)c1. The summed E-state index contributed by atoms with van der Waals surface area (Å²) in [5, 5.41) is 6.37. The van der Waals surface area contributed by atoms with Crippen molar-refractivity contribution < 1.29 is 4.79 Å². The van der Waals surface area contributed by atoms with E-state index in [0.29, 0.717) is 23.5 Å². The van der Waals surface area contributed by atoms with E-state index in [1.165, 1.54) is 4.68 Å². The standard InChI is InChI=1S/C25H25ClN4O2/c1-17-22-13-27-30(16-23(31)28(3)14-19-8-5-4-6-9-19)25(32)24(22)18(2)29(17)15-20-10-7-11-21(26)12-20/h4-13H,14-16H2,1-3H3. The number of halogens is 1. The summed E-state index contributed by atoms with van der Waals surface area (Å²) in [7, 11) is 1.73. The van der Waals surface area contributed by atoms with Crippen LogP contribution in [-0.4, -0.2) is 32.2 Å². The minimum Gasteiger partial charge on any atom is -0.343 e. The average Bonchev–Trinajstić information content (AvgIpc) is 3.01. The first kappa shape index (κ1) is 21.8. The van der Waals surface area contributed by atoms with Crippen LogP contribution in [0.4, 0.5) is 0 Å². The first-order chi connectivity index (χ1) is 15.3. The van der Waals surface area contributed by atoms with Gasteiger partial charge in [0.25, 0.3) is 5.56 Å². The maximum absolute atomic E-state index is 13.2. The van der Waals surface area contributed by atoms with Crippen molar-refractivity contribution in [1.29, 1.82) is 0 Å². The van der Waals surface area contributed by atoms with E-state index in [1.54, 1.807) is 18.1 Å². The van der Waals surface area contributed by atoms with Crippen LogP contribution in [0.2, 0.25) is 5.02 Å². The van der Waals surface area contributed by atoms with Crippen molar-refractivity contribution in [2.45, 2.75) is 33.5 Å². The summed E-state index contributed by atoms with van der Waals surface area (Å²) in [6, 6.07) is 17.4. The van der Waals surface area contributed by atoms with Crippen LogP contribution in [-0.2, 0) is 24.4 Å². The number of hydrogen-bond acceptors (Lipinski definition) is 3. The molecule has 0 aliphatic heterocycles. The fraction of sp³-hybridized carbons (Fsp3) is 0.240. The maximum Gasteiger partial charge on any atom is 0.276 e. The fourth-order valence-electron chi connectivity index (χ4n) is 4.01. The molecule has 0 saturated heterocycles. The first-order valence-corrected chi connectivity index (χ1v) is 10.8. The van der Waals surface area contributed by atoms with Gasteiger partial charge >= 0.3 is 0 Å². The maximum atomic E-state index is 13.2. The van der Waals surface area contributed by atoms with Gasteiger partial charge in [0.05, 0.1) is 11.6 Å². The van der Waals surface area contributed by atoms with Crippen LogP contribution >= 0.6 is 11.6 Å². The lowest BCUT2D eigenvalue weighted by atomic mass is 10.2. The van der Waals surface area contributed by atoms with Crippen LogP contribution in [0, 0.1) is 13.8 Å². The van der Waals surface area contributed by atoms with E-state index in [0.717, 1.165) is 27.9 Å². The van der Waals surface area contributed by atoms with Gasteiger partial charge in [-0.15, -0.1) is 0 Å². The number of benzene rings is 2. The number of fused-ring (bicyclic) bond motifs is 1. The van der Waals surface area contributed by atoms with Crippen LogP contribution in [0.3, 0.4) is 0 Å². The molecule has 0 bridgehead atoms. The molecule has 32 heavy (non-hydrogen) atoms. The van der Waals surface area contributed by atoms with Gasteiger partial charge in [-0.1, -0.05) is 54.1 Å². The van der Waals surface area contributed by atoms with Crippen LogP contribution in [0.25, 0.3) is 10.8 Å². The molecule has 4 rings (SSSR count). The molecule has 2 heterocycles. The third-order valence-corrected chi connectivity index (χ3v) is 6.04. The number of aromatic nitrogens is 3. The number of nitrogens with zero attached hydrogens (tertiary/aromatic N) is 4. The smallest absolute Gasteiger partial charge is 0.276 e. The molecule has 164 valence electrons. The molecule has 0 unspecified atom stereocenters. The number of aryl methyl sites for hydroxylation is 2. The normalized spacial score (nSPS) is 11.1. The summed E-state index contributed by atoms with van der Waals surface area (Å²) < 4.78 is 3.34. The third kappa shape index (κ3) is 4.32. The van der Waals surface area contributed by atoms with Gasteiger partial charge in [0.15, 0.2) is 0 Å². The molecular weight excluding hydrogens is 424 g/mol. The average molecular weight is 449 g/mol. The molecular formula is C25H25ClN4O2. The molecule has 0 N–H and O–H groups in total. The summed E-state index contributed by atoms with van der Waals surface area (Å²) in [6.07, 6.45) is 1.68. The Bertz CT molecular complexity index is 1340. The van der Waals surface area contributed by atoms with E-state index in [1.807, 2.05) is 68.4 Å². The second kappa shape index (κ2) is 9.01. The summed E-state index contributed by atoms with van der Waals surface area (Å²) in [5.41, 5.74) is 3.64. The molecule has 0 aliphatic carbocycles. The molecule has 2 aromatic heterocycles. The van der Waals surface area contributed by atoms with E-state index < -0.39 is 0 Å². The van der Waals surface area contributed by atoms with Gasteiger partial charge in [-0.2, -0.15) is 5.10 Å². The lowest BCUT2D eigenvalue weighted by molar-refractivity contribution is -0.131. The van der Waals surface area contributed by atoms with E-state index in [2.05, 4.69) is 9.67 Å². The van der Waals surface area contributed by atoms with Crippen molar-refractivity contribution in [3.8, 4) is 0 Å². The van der Waals surface area contributed by atoms with Gasteiger partial charge in [-0.3, -0.25) is 9.59 Å². The zero-order valence-corrected chi connectivity index (χ0v) is 19.1. The highest BCUT2D eigenvalue weighted by molar-refractivity contribution is 6.30. The highest BCUT2D eigenvalue weighted by atomic mass is 35.5. The lowest BCUT2D eigenvalue weighted by Crippen LogP contribution is -2.34. The van der Waals surface area contributed by atoms with Crippen molar-refractivity contribution in [1.82, 2.24) is 19.2 Å². The minimum atomic E-state index is -0.255. The van der Waals surface area contributed by atoms with Crippen LogP contribution < -0.4 is 5.56 Å². The predicted molar refractivity (Wildman–Crippen MR) is 127 cm³/mol. The van der Waals surface area contributed by atoms with Gasteiger partial charge in [0.2, 0.25) is 5.91 Å². The number of likely N-dealkylation sites (N-methyl/N-ethyl adjacent to an activating group) is 1. The number of carbonyl (C=O) groups is 1. The molecule has 0 radical (unpaired) electrons. The second-order valence-corrected chi connectivity index (χ2v) is 8.45. The monoisotopic (exact) mass is 448 g/mol. The predicted octanol–water partition coefficient (Wildman–Crippen LogP) is 4.18. The number of hydrogen-bond donors (Lipinski definition) is 0. The number of amides is 1. The molecule has 2 aromatic carbocycles. The van der Waals surface area contributed by atoms with Crippen molar-refractivity contribution in [3.63, 3.8) is 0 Å². The Labute approximate surface area is 191 Å². The highest BCUT2D eigenvalue weighted by Crippen LogP contribution is 2.23. The van der Waals surface area contributed by atoms with Crippen LogP contribution in [0.5, 0.6) is 0 Å². The fourth-order valence-corrected chi connectivity index (χ4v) is 4.22. The largest absolute Gasteiger partial charge is 0.343 e. The first-order valence-electron chi connectivity index (χ1n) is 10.4. The molecule has 0 spiro atoms. The molecule has 0 atom stereocenters. The zero-order chi connectivity index (χ0) is 22.8. The van der Waals surface area contributed by atoms with Gasteiger partial charge in [-0.25, -0.2) is 4.68 Å². The Balaban J connectivity index is 1.61. The second-order valence-electron chi connectivity index (χ2n) is 8.02. The minimum absolute atomic E-state index is 0.101. The third-order valence-electron chi connectivity index (χ3n) is 5.81. The Hall–Kier alpha value is -3.38. The summed E-state index contributed by atoms with van der Waals surface area (Å²) in [6.45, 7) is 4.88. The highest BCUT2D eigenvalue weighted by Gasteiger charge is 2.18. The Morgan fingerprint density at radius 3 is 2.47 bits per heavy atom.